The van der Waals surface area contributed by atoms with Crippen molar-refractivity contribution in [3.05, 3.63) is 35.6 Å². The van der Waals surface area contributed by atoms with Gasteiger partial charge in [-0.15, -0.1) is 0 Å². The highest BCUT2D eigenvalue weighted by Crippen LogP contribution is 2.27. The third-order valence-corrected chi connectivity index (χ3v) is 2.82. The summed E-state index contributed by atoms with van der Waals surface area (Å²) in [5.41, 5.74) is 1.25. The highest BCUT2D eigenvalue weighted by molar-refractivity contribution is 5.22. The molecule has 1 aliphatic rings. The van der Waals surface area contributed by atoms with Gasteiger partial charge in [0.2, 0.25) is 0 Å². The topological polar surface area (TPSA) is 12.0 Å². The van der Waals surface area contributed by atoms with Crippen LogP contribution in [0.15, 0.2) is 24.3 Å². The van der Waals surface area contributed by atoms with Crippen LogP contribution < -0.4 is 5.32 Å². The zero-order valence-corrected chi connectivity index (χ0v) is 7.76. The van der Waals surface area contributed by atoms with Gasteiger partial charge in [-0.05, 0) is 30.2 Å². The molecule has 0 spiro atoms. The molecule has 0 bridgehead atoms. The largest absolute Gasteiger partial charge is 0.316 e. The van der Waals surface area contributed by atoms with Crippen molar-refractivity contribution in [1.82, 2.24) is 5.32 Å². The number of rotatable bonds is 1. The Morgan fingerprint density at radius 2 is 1.92 bits per heavy atom. The molecule has 1 N–H and O–H groups in total. The van der Waals surface area contributed by atoms with Crippen LogP contribution in [0.2, 0.25) is 0 Å². The third-order valence-electron chi connectivity index (χ3n) is 2.82. The van der Waals surface area contributed by atoms with Gasteiger partial charge >= 0.3 is 0 Å². The zero-order chi connectivity index (χ0) is 9.26. The summed E-state index contributed by atoms with van der Waals surface area (Å²) in [4.78, 5) is 0. The zero-order valence-electron chi connectivity index (χ0n) is 7.76. The van der Waals surface area contributed by atoms with E-state index in [9.17, 15) is 4.39 Å². The lowest BCUT2D eigenvalue weighted by molar-refractivity contribution is 0.569. The lowest BCUT2D eigenvalue weighted by atomic mass is 9.90. The van der Waals surface area contributed by atoms with E-state index in [1.165, 1.54) is 5.56 Å². The minimum atomic E-state index is -0.151. The average Bonchev–Trinajstić information content (AvgIpc) is 2.53. The second kappa shape index (κ2) is 3.46. The van der Waals surface area contributed by atoms with Gasteiger partial charge in [0.1, 0.15) is 5.82 Å². The van der Waals surface area contributed by atoms with Crippen molar-refractivity contribution in [2.45, 2.75) is 12.8 Å². The van der Waals surface area contributed by atoms with Gasteiger partial charge in [0.15, 0.2) is 0 Å². The fourth-order valence-electron chi connectivity index (χ4n) is 1.97. The van der Waals surface area contributed by atoms with Crippen LogP contribution in [0.4, 0.5) is 4.39 Å². The lowest BCUT2D eigenvalue weighted by Gasteiger charge is -2.13. The van der Waals surface area contributed by atoms with E-state index in [1.807, 2.05) is 12.1 Å². The van der Waals surface area contributed by atoms with Crippen LogP contribution in [-0.4, -0.2) is 13.1 Å². The van der Waals surface area contributed by atoms with Crippen molar-refractivity contribution in [2.24, 2.45) is 5.92 Å². The normalized spacial score (nSPS) is 27.8. The van der Waals surface area contributed by atoms with Gasteiger partial charge in [0.05, 0.1) is 0 Å². The van der Waals surface area contributed by atoms with Crippen molar-refractivity contribution >= 4 is 0 Å². The molecular formula is C11H14FN. The molecule has 1 saturated heterocycles. The van der Waals surface area contributed by atoms with E-state index in [0.717, 1.165) is 13.1 Å². The molecule has 1 aromatic carbocycles. The third kappa shape index (κ3) is 1.73. The second-order valence-corrected chi connectivity index (χ2v) is 3.79. The van der Waals surface area contributed by atoms with E-state index in [-0.39, 0.29) is 5.82 Å². The van der Waals surface area contributed by atoms with E-state index in [1.54, 1.807) is 12.1 Å². The molecule has 2 heteroatoms. The summed E-state index contributed by atoms with van der Waals surface area (Å²) in [6.07, 6.45) is 0. The Kier molecular flexibility index (Phi) is 2.32. The molecule has 2 rings (SSSR count). The number of hydrogen-bond acceptors (Lipinski definition) is 1. The average molecular weight is 179 g/mol. The molecule has 0 saturated carbocycles. The van der Waals surface area contributed by atoms with Gasteiger partial charge in [-0.3, -0.25) is 0 Å². The van der Waals surface area contributed by atoms with Crippen molar-refractivity contribution in [2.75, 3.05) is 13.1 Å². The smallest absolute Gasteiger partial charge is 0.123 e. The highest BCUT2D eigenvalue weighted by atomic mass is 19.1. The Morgan fingerprint density at radius 3 is 2.46 bits per heavy atom. The standard InChI is InChI=1S/C11H14FN/c1-8-6-13-7-11(8)9-2-4-10(12)5-3-9/h2-5,8,11,13H,6-7H2,1H3/t8-,11-/m0/s1. The maximum Gasteiger partial charge on any atom is 0.123 e. The van der Waals surface area contributed by atoms with Crippen molar-refractivity contribution in [3.8, 4) is 0 Å². The van der Waals surface area contributed by atoms with E-state index in [2.05, 4.69) is 12.2 Å². The summed E-state index contributed by atoms with van der Waals surface area (Å²) in [6, 6.07) is 6.87. The molecule has 1 heterocycles. The Bertz CT molecular complexity index is 281. The lowest BCUT2D eigenvalue weighted by Crippen LogP contribution is -2.07. The molecule has 13 heavy (non-hydrogen) atoms. The van der Waals surface area contributed by atoms with Crippen LogP contribution in [0.1, 0.15) is 18.4 Å². The van der Waals surface area contributed by atoms with Crippen molar-refractivity contribution < 1.29 is 4.39 Å². The minimum absolute atomic E-state index is 0.151. The summed E-state index contributed by atoms with van der Waals surface area (Å²) in [5.74, 6) is 1.06. The number of halogens is 1. The summed E-state index contributed by atoms with van der Waals surface area (Å²) < 4.78 is 12.7. The molecule has 1 aliphatic heterocycles. The molecule has 0 unspecified atom stereocenters. The predicted molar refractivity (Wildman–Crippen MR) is 51.2 cm³/mol. The summed E-state index contributed by atoms with van der Waals surface area (Å²) in [6.45, 7) is 4.32. The highest BCUT2D eigenvalue weighted by Gasteiger charge is 2.24. The predicted octanol–water partition coefficient (Wildman–Crippen LogP) is 2.15. The van der Waals surface area contributed by atoms with Gasteiger partial charge in [-0.1, -0.05) is 19.1 Å². The van der Waals surface area contributed by atoms with Gasteiger partial charge in [0.25, 0.3) is 0 Å². The number of nitrogens with one attached hydrogen (secondary N) is 1. The van der Waals surface area contributed by atoms with E-state index in [0.29, 0.717) is 11.8 Å². The first-order valence-corrected chi connectivity index (χ1v) is 4.73. The molecule has 1 aromatic rings. The summed E-state index contributed by atoms with van der Waals surface area (Å²) >= 11 is 0. The quantitative estimate of drug-likeness (QED) is 0.696. The van der Waals surface area contributed by atoms with Gasteiger partial charge in [-0.25, -0.2) is 4.39 Å². The summed E-state index contributed by atoms with van der Waals surface area (Å²) in [7, 11) is 0. The number of hydrogen-bond donors (Lipinski definition) is 1. The Morgan fingerprint density at radius 1 is 1.23 bits per heavy atom. The van der Waals surface area contributed by atoms with Gasteiger partial charge in [0, 0.05) is 12.5 Å². The van der Waals surface area contributed by atoms with Crippen LogP contribution in [0.3, 0.4) is 0 Å². The first-order chi connectivity index (χ1) is 6.27. The van der Waals surface area contributed by atoms with E-state index >= 15 is 0 Å². The van der Waals surface area contributed by atoms with E-state index in [4.69, 9.17) is 0 Å². The second-order valence-electron chi connectivity index (χ2n) is 3.79. The molecule has 1 fully saturated rings. The molecule has 0 radical (unpaired) electrons. The molecule has 2 atom stereocenters. The maximum atomic E-state index is 12.7. The maximum absolute atomic E-state index is 12.7. The van der Waals surface area contributed by atoms with Crippen LogP contribution >= 0.6 is 0 Å². The van der Waals surface area contributed by atoms with Gasteiger partial charge in [-0.2, -0.15) is 0 Å². The first kappa shape index (κ1) is 8.70. The van der Waals surface area contributed by atoms with Crippen molar-refractivity contribution in [1.29, 1.82) is 0 Å². The van der Waals surface area contributed by atoms with Crippen LogP contribution in [0, 0.1) is 11.7 Å². The molecule has 0 amide bonds. The molecule has 0 aliphatic carbocycles. The van der Waals surface area contributed by atoms with Crippen LogP contribution in [-0.2, 0) is 0 Å². The fraction of sp³-hybridized carbons (Fsp3) is 0.455. The molecule has 1 nitrogen and oxygen atoms in total. The van der Waals surface area contributed by atoms with E-state index < -0.39 is 0 Å². The van der Waals surface area contributed by atoms with Gasteiger partial charge < -0.3 is 5.32 Å². The monoisotopic (exact) mass is 179 g/mol. The fourth-order valence-corrected chi connectivity index (χ4v) is 1.97. The van der Waals surface area contributed by atoms with Crippen molar-refractivity contribution in [3.63, 3.8) is 0 Å². The summed E-state index contributed by atoms with van der Waals surface area (Å²) in [5, 5.41) is 3.34. The Hall–Kier alpha value is -0.890. The van der Waals surface area contributed by atoms with Crippen LogP contribution in [0.25, 0.3) is 0 Å². The molecular weight excluding hydrogens is 165 g/mol. The Labute approximate surface area is 78.0 Å². The molecule has 70 valence electrons. The molecule has 0 aromatic heterocycles. The number of benzene rings is 1. The Balaban J connectivity index is 2.20. The SMILES string of the molecule is C[C@H]1CNC[C@@H]1c1ccc(F)cc1. The minimum Gasteiger partial charge on any atom is -0.316 e. The van der Waals surface area contributed by atoms with Crippen LogP contribution in [0.5, 0.6) is 0 Å². The first-order valence-electron chi connectivity index (χ1n) is 4.73.